The maximum absolute atomic E-state index is 12.6. The van der Waals surface area contributed by atoms with E-state index >= 15 is 0 Å². The van der Waals surface area contributed by atoms with Crippen molar-refractivity contribution in [2.45, 2.75) is 19.4 Å². The molecule has 1 N–H and O–H groups in total. The predicted molar refractivity (Wildman–Crippen MR) is 61.4 cm³/mol. The second kappa shape index (κ2) is 5.85. The largest absolute Gasteiger partial charge is 0.350 e. The van der Waals surface area contributed by atoms with E-state index in [0.717, 1.165) is 5.56 Å². The van der Waals surface area contributed by atoms with Crippen molar-refractivity contribution in [2.24, 2.45) is 0 Å². The van der Waals surface area contributed by atoms with E-state index in [9.17, 15) is 9.18 Å². The molecule has 0 saturated carbocycles. The Morgan fingerprint density at radius 2 is 2.07 bits per heavy atom. The normalized spacial score (nSPS) is 12.2. The SMILES string of the molecule is C[C@@H](NC(=O)CCBr)c1ccc(F)cc1. The van der Waals surface area contributed by atoms with Crippen molar-refractivity contribution >= 4 is 21.8 Å². The number of hydrogen-bond acceptors (Lipinski definition) is 1. The highest BCUT2D eigenvalue weighted by Gasteiger charge is 2.08. The zero-order valence-corrected chi connectivity index (χ0v) is 10.1. The molecule has 2 nitrogen and oxygen atoms in total. The molecule has 1 aromatic carbocycles. The Morgan fingerprint density at radius 1 is 1.47 bits per heavy atom. The van der Waals surface area contributed by atoms with E-state index in [1.165, 1.54) is 12.1 Å². The minimum absolute atomic E-state index is 0.0105. The summed E-state index contributed by atoms with van der Waals surface area (Å²) in [6.07, 6.45) is 0.450. The smallest absolute Gasteiger partial charge is 0.221 e. The van der Waals surface area contributed by atoms with E-state index in [4.69, 9.17) is 0 Å². The van der Waals surface area contributed by atoms with Gasteiger partial charge in [-0.2, -0.15) is 0 Å². The molecule has 0 unspecified atom stereocenters. The maximum atomic E-state index is 12.6. The van der Waals surface area contributed by atoms with Gasteiger partial charge in [-0.1, -0.05) is 28.1 Å². The van der Waals surface area contributed by atoms with Crippen LogP contribution in [-0.2, 0) is 4.79 Å². The number of nitrogens with one attached hydrogen (secondary N) is 1. The lowest BCUT2D eigenvalue weighted by molar-refractivity contribution is -0.121. The summed E-state index contributed by atoms with van der Waals surface area (Å²) in [7, 11) is 0. The maximum Gasteiger partial charge on any atom is 0.221 e. The molecule has 1 rings (SSSR count). The fourth-order valence-electron chi connectivity index (χ4n) is 1.23. The average molecular weight is 274 g/mol. The fourth-order valence-corrected chi connectivity index (χ4v) is 1.59. The molecule has 1 aromatic rings. The first-order valence-electron chi connectivity index (χ1n) is 4.74. The second-order valence-electron chi connectivity index (χ2n) is 3.28. The van der Waals surface area contributed by atoms with Crippen LogP contribution >= 0.6 is 15.9 Å². The Labute approximate surface area is 97.0 Å². The van der Waals surface area contributed by atoms with Crippen LogP contribution in [0.4, 0.5) is 4.39 Å². The van der Waals surface area contributed by atoms with Gasteiger partial charge in [0.25, 0.3) is 0 Å². The molecule has 0 aliphatic heterocycles. The van der Waals surface area contributed by atoms with Crippen molar-refractivity contribution in [3.8, 4) is 0 Å². The third-order valence-electron chi connectivity index (χ3n) is 2.07. The van der Waals surface area contributed by atoms with Crippen LogP contribution in [0.25, 0.3) is 0 Å². The van der Waals surface area contributed by atoms with Gasteiger partial charge in [0.2, 0.25) is 5.91 Å². The van der Waals surface area contributed by atoms with E-state index in [1.54, 1.807) is 12.1 Å². The molecule has 1 amide bonds. The van der Waals surface area contributed by atoms with Crippen molar-refractivity contribution in [2.75, 3.05) is 5.33 Å². The van der Waals surface area contributed by atoms with Gasteiger partial charge >= 0.3 is 0 Å². The number of carbonyl (C=O) groups excluding carboxylic acids is 1. The molecule has 0 aliphatic rings. The summed E-state index contributed by atoms with van der Waals surface area (Å²) in [4.78, 5) is 11.3. The lowest BCUT2D eigenvalue weighted by Gasteiger charge is -2.13. The summed E-state index contributed by atoms with van der Waals surface area (Å²) >= 11 is 3.20. The third-order valence-corrected chi connectivity index (χ3v) is 2.47. The number of alkyl halides is 1. The van der Waals surface area contributed by atoms with Crippen LogP contribution in [-0.4, -0.2) is 11.2 Å². The molecule has 82 valence electrons. The lowest BCUT2D eigenvalue weighted by atomic mass is 10.1. The first-order chi connectivity index (χ1) is 7.13. The standard InChI is InChI=1S/C11H13BrFNO/c1-8(14-11(15)6-7-12)9-2-4-10(13)5-3-9/h2-5,8H,6-7H2,1H3,(H,14,15)/t8-/m1/s1. The predicted octanol–water partition coefficient (Wildman–Crippen LogP) is 2.79. The van der Waals surface area contributed by atoms with Crippen LogP contribution in [0.15, 0.2) is 24.3 Å². The zero-order valence-electron chi connectivity index (χ0n) is 8.47. The van der Waals surface area contributed by atoms with Crippen molar-refractivity contribution < 1.29 is 9.18 Å². The quantitative estimate of drug-likeness (QED) is 0.840. The van der Waals surface area contributed by atoms with Crippen LogP contribution in [0.5, 0.6) is 0 Å². The molecular formula is C11H13BrFNO. The number of halogens is 2. The summed E-state index contributed by atoms with van der Waals surface area (Å²) in [5.41, 5.74) is 0.902. The highest BCUT2D eigenvalue weighted by molar-refractivity contribution is 9.09. The molecule has 0 saturated heterocycles. The molecule has 0 bridgehead atoms. The van der Waals surface area contributed by atoms with Gasteiger partial charge in [0.1, 0.15) is 5.82 Å². The Bertz CT molecular complexity index is 326. The molecular weight excluding hydrogens is 261 g/mol. The topological polar surface area (TPSA) is 29.1 Å². The molecule has 4 heteroatoms. The van der Waals surface area contributed by atoms with Crippen LogP contribution in [0.1, 0.15) is 24.9 Å². The molecule has 0 spiro atoms. The van der Waals surface area contributed by atoms with Crippen LogP contribution < -0.4 is 5.32 Å². The zero-order chi connectivity index (χ0) is 11.3. The summed E-state index contributed by atoms with van der Waals surface area (Å²) in [5, 5.41) is 3.47. The van der Waals surface area contributed by atoms with Crippen molar-refractivity contribution in [1.29, 1.82) is 0 Å². The Kier molecular flexibility index (Phi) is 4.75. The number of hydrogen-bond donors (Lipinski definition) is 1. The van der Waals surface area contributed by atoms with E-state index in [2.05, 4.69) is 21.2 Å². The Hall–Kier alpha value is -0.900. The molecule has 15 heavy (non-hydrogen) atoms. The minimum atomic E-state index is -0.266. The van der Waals surface area contributed by atoms with E-state index < -0.39 is 0 Å². The van der Waals surface area contributed by atoms with E-state index in [-0.39, 0.29) is 17.8 Å². The fraction of sp³-hybridized carbons (Fsp3) is 0.364. The van der Waals surface area contributed by atoms with Gasteiger partial charge in [-0.3, -0.25) is 4.79 Å². The van der Waals surface area contributed by atoms with Gasteiger partial charge in [-0.25, -0.2) is 4.39 Å². The summed E-state index contributed by atoms with van der Waals surface area (Å²) in [6, 6.07) is 6.05. The van der Waals surface area contributed by atoms with Crippen LogP contribution in [0.2, 0.25) is 0 Å². The first kappa shape index (κ1) is 12.2. The molecule has 0 radical (unpaired) electrons. The number of amides is 1. The van der Waals surface area contributed by atoms with E-state index in [0.29, 0.717) is 11.8 Å². The van der Waals surface area contributed by atoms with Gasteiger partial charge in [-0.15, -0.1) is 0 Å². The number of rotatable bonds is 4. The number of carbonyl (C=O) groups is 1. The monoisotopic (exact) mass is 273 g/mol. The van der Waals surface area contributed by atoms with Gasteiger partial charge in [0, 0.05) is 11.8 Å². The molecule has 0 aromatic heterocycles. The van der Waals surface area contributed by atoms with Crippen LogP contribution in [0.3, 0.4) is 0 Å². The first-order valence-corrected chi connectivity index (χ1v) is 5.86. The third kappa shape index (κ3) is 4.00. The molecule has 0 aliphatic carbocycles. The van der Waals surface area contributed by atoms with Crippen molar-refractivity contribution in [3.63, 3.8) is 0 Å². The number of benzene rings is 1. The Balaban J connectivity index is 2.57. The minimum Gasteiger partial charge on any atom is -0.350 e. The highest BCUT2D eigenvalue weighted by Crippen LogP contribution is 2.12. The highest BCUT2D eigenvalue weighted by atomic mass is 79.9. The van der Waals surface area contributed by atoms with Crippen molar-refractivity contribution in [1.82, 2.24) is 5.32 Å². The van der Waals surface area contributed by atoms with Gasteiger partial charge in [0.15, 0.2) is 0 Å². The van der Waals surface area contributed by atoms with Gasteiger partial charge in [-0.05, 0) is 24.6 Å². The molecule has 0 fully saturated rings. The van der Waals surface area contributed by atoms with E-state index in [1.807, 2.05) is 6.92 Å². The Morgan fingerprint density at radius 3 is 2.60 bits per heavy atom. The second-order valence-corrected chi connectivity index (χ2v) is 4.07. The van der Waals surface area contributed by atoms with Crippen molar-refractivity contribution in [3.05, 3.63) is 35.6 Å². The summed E-state index contributed by atoms with van der Waals surface area (Å²) in [5.74, 6) is -0.276. The van der Waals surface area contributed by atoms with Gasteiger partial charge < -0.3 is 5.32 Å². The lowest BCUT2D eigenvalue weighted by Crippen LogP contribution is -2.26. The molecule has 0 heterocycles. The summed E-state index contributed by atoms with van der Waals surface area (Å²) in [6.45, 7) is 1.87. The van der Waals surface area contributed by atoms with Gasteiger partial charge in [0.05, 0.1) is 6.04 Å². The molecule has 1 atom stereocenters. The average Bonchev–Trinajstić information content (AvgIpc) is 2.18. The summed E-state index contributed by atoms with van der Waals surface area (Å²) < 4.78 is 12.6. The van der Waals surface area contributed by atoms with Crippen LogP contribution in [0, 0.1) is 5.82 Å².